The average molecular weight is 387 g/mol. The summed E-state index contributed by atoms with van der Waals surface area (Å²) in [4.78, 5) is 0. The van der Waals surface area contributed by atoms with Crippen molar-refractivity contribution in [1.29, 1.82) is 0 Å². The molecule has 0 aromatic carbocycles. The zero-order valence-electron chi connectivity index (χ0n) is 17.2. The van der Waals surface area contributed by atoms with Gasteiger partial charge in [-0.05, 0) is 112 Å². The number of aliphatic hydroxyl groups is 1. The largest absolute Gasteiger partial charge is 0.390 e. The van der Waals surface area contributed by atoms with Gasteiger partial charge in [0.15, 0.2) is 0 Å². The van der Waals surface area contributed by atoms with Crippen molar-refractivity contribution < 1.29 is 18.3 Å². The molecule has 0 aromatic rings. The van der Waals surface area contributed by atoms with Gasteiger partial charge in [-0.3, -0.25) is 0 Å². The topological polar surface area (TPSA) is 20.2 Å². The molecule has 0 aromatic heterocycles. The van der Waals surface area contributed by atoms with Crippen LogP contribution in [0, 0.1) is 40.4 Å². The molecule has 4 saturated carbocycles. The summed E-state index contributed by atoms with van der Waals surface area (Å²) < 4.78 is 38.4. The molecular weight excluding hydrogens is 349 g/mol. The minimum absolute atomic E-state index is 0.121. The van der Waals surface area contributed by atoms with Gasteiger partial charge in [0.05, 0.1) is 5.60 Å². The van der Waals surface area contributed by atoms with Crippen molar-refractivity contribution in [3.63, 3.8) is 0 Å². The van der Waals surface area contributed by atoms with E-state index in [1.807, 2.05) is 6.92 Å². The first-order valence-electron chi connectivity index (χ1n) is 11.2. The molecule has 4 fully saturated rings. The summed E-state index contributed by atoms with van der Waals surface area (Å²) in [7, 11) is 0. The Hall–Kier alpha value is -0.250. The maximum Gasteiger partial charge on any atom is 0.389 e. The van der Waals surface area contributed by atoms with Crippen LogP contribution in [0.5, 0.6) is 0 Å². The molecule has 0 radical (unpaired) electrons. The quantitative estimate of drug-likeness (QED) is 0.557. The summed E-state index contributed by atoms with van der Waals surface area (Å²) in [6.45, 7) is 6.79. The van der Waals surface area contributed by atoms with Crippen molar-refractivity contribution in [2.75, 3.05) is 0 Å². The molecule has 0 heterocycles. The fourth-order valence-electron chi connectivity index (χ4n) is 8.35. The van der Waals surface area contributed by atoms with E-state index in [9.17, 15) is 18.3 Å². The van der Waals surface area contributed by atoms with Crippen LogP contribution in [-0.4, -0.2) is 16.9 Å². The third kappa shape index (κ3) is 3.36. The second kappa shape index (κ2) is 6.37. The van der Waals surface area contributed by atoms with Crippen LogP contribution in [0.1, 0.15) is 91.4 Å². The Morgan fingerprint density at radius 2 is 1.56 bits per heavy atom. The van der Waals surface area contributed by atoms with E-state index in [2.05, 4.69) is 13.8 Å². The maximum atomic E-state index is 12.8. The molecule has 0 bridgehead atoms. The Morgan fingerprint density at radius 3 is 2.26 bits per heavy atom. The van der Waals surface area contributed by atoms with Crippen molar-refractivity contribution in [1.82, 2.24) is 0 Å². The van der Waals surface area contributed by atoms with Gasteiger partial charge in [-0.25, -0.2) is 0 Å². The molecule has 4 rings (SSSR count). The molecule has 1 nitrogen and oxygen atoms in total. The van der Waals surface area contributed by atoms with E-state index in [1.165, 1.54) is 19.3 Å². The van der Waals surface area contributed by atoms with Gasteiger partial charge in [-0.2, -0.15) is 13.2 Å². The predicted molar refractivity (Wildman–Crippen MR) is 101 cm³/mol. The second-order valence-electron chi connectivity index (χ2n) is 11.3. The van der Waals surface area contributed by atoms with Crippen LogP contribution in [0.3, 0.4) is 0 Å². The summed E-state index contributed by atoms with van der Waals surface area (Å²) in [5, 5.41) is 10.6. The second-order valence-corrected chi connectivity index (χ2v) is 11.3. The van der Waals surface area contributed by atoms with E-state index in [-0.39, 0.29) is 11.3 Å². The highest BCUT2D eigenvalue weighted by Crippen LogP contribution is 2.68. The fourth-order valence-corrected chi connectivity index (χ4v) is 8.35. The summed E-state index contributed by atoms with van der Waals surface area (Å²) in [5.74, 6) is 2.91. The first-order chi connectivity index (χ1) is 12.4. The number of rotatable bonds is 2. The molecule has 0 aliphatic heterocycles. The average Bonchev–Trinajstić information content (AvgIpc) is 2.89. The summed E-state index contributed by atoms with van der Waals surface area (Å²) in [5.41, 5.74) is -0.0530. The number of halogens is 3. The monoisotopic (exact) mass is 386 g/mol. The zero-order valence-corrected chi connectivity index (χ0v) is 17.2. The Kier molecular flexibility index (Phi) is 4.73. The zero-order chi connectivity index (χ0) is 19.7. The number of hydrogen-bond acceptors (Lipinski definition) is 1. The third-order valence-electron chi connectivity index (χ3n) is 9.93. The lowest BCUT2D eigenvalue weighted by Gasteiger charge is -2.62. The molecular formula is C23H37F3O. The Bertz CT molecular complexity index is 570. The lowest BCUT2D eigenvalue weighted by atomic mass is 9.44. The molecule has 8 atom stereocenters. The number of alkyl halides is 3. The normalized spacial score (nSPS) is 52.8. The predicted octanol–water partition coefficient (Wildman–Crippen LogP) is 6.74. The van der Waals surface area contributed by atoms with Crippen molar-refractivity contribution in [3.8, 4) is 0 Å². The molecule has 1 N–H and O–H groups in total. The van der Waals surface area contributed by atoms with Gasteiger partial charge in [0.25, 0.3) is 0 Å². The Balaban J connectivity index is 1.51. The van der Waals surface area contributed by atoms with Gasteiger partial charge in [0.1, 0.15) is 0 Å². The molecule has 0 spiro atoms. The molecule has 4 heteroatoms. The van der Waals surface area contributed by atoms with Gasteiger partial charge < -0.3 is 5.11 Å². The van der Waals surface area contributed by atoms with Crippen LogP contribution >= 0.6 is 0 Å². The van der Waals surface area contributed by atoms with E-state index < -0.39 is 18.2 Å². The van der Waals surface area contributed by atoms with Gasteiger partial charge in [-0.15, -0.1) is 0 Å². The van der Waals surface area contributed by atoms with E-state index in [4.69, 9.17) is 0 Å². The lowest BCUT2D eigenvalue weighted by molar-refractivity contribution is -0.153. The summed E-state index contributed by atoms with van der Waals surface area (Å²) >= 11 is 0. The highest BCUT2D eigenvalue weighted by molar-refractivity contribution is 5.10. The standard InChI is InChI=1S/C23H37F3O/c1-20(27)12-13-22(3)16(14-20)4-6-17-18-7-5-15(8-11-23(24,25)26)21(18,2)10-9-19(17)22/h15-19,27H,4-14H2,1-3H3. The van der Waals surface area contributed by atoms with E-state index in [0.29, 0.717) is 35.5 Å². The van der Waals surface area contributed by atoms with Crippen LogP contribution in [0.15, 0.2) is 0 Å². The van der Waals surface area contributed by atoms with E-state index in [1.54, 1.807) is 0 Å². The molecule has 4 aliphatic rings. The Labute approximate surface area is 162 Å². The first kappa shape index (κ1) is 20.0. The first-order valence-corrected chi connectivity index (χ1v) is 11.2. The third-order valence-corrected chi connectivity index (χ3v) is 9.93. The number of hydrogen-bond donors (Lipinski definition) is 1. The van der Waals surface area contributed by atoms with Crippen LogP contribution in [0.2, 0.25) is 0 Å². The van der Waals surface area contributed by atoms with Crippen LogP contribution in [0.25, 0.3) is 0 Å². The van der Waals surface area contributed by atoms with Crippen LogP contribution < -0.4 is 0 Å². The van der Waals surface area contributed by atoms with Crippen molar-refractivity contribution >= 4 is 0 Å². The van der Waals surface area contributed by atoms with Crippen molar-refractivity contribution in [3.05, 3.63) is 0 Å². The van der Waals surface area contributed by atoms with Crippen LogP contribution in [-0.2, 0) is 0 Å². The molecule has 4 aliphatic carbocycles. The Morgan fingerprint density at radius 1 is 0.852 bits per heavy atom. The van der Waals surface area contributed by atoms with Crippen molar-refractivity contribution in [2.45, 2.75) is 103 Å². The highest BCUT2D eigenvalue weighted by atomic mass is 19.4. The molecule has 156 valence electrons. The van der Waals surface area contributed by atoms with E-state index >= 15 is 0 Å². The molecule has 8 unspecified atom stereocenters. The SMILES string of the molecule is CC1(O)CCC2(C)C(CCC3C4CCC(CCC(F)(F)F)C4(C)CCC32)C1. The van der Waals surface area contributed by atoms with Crippen molar-refractivity contribution in [2.24, 2.45) is 40.4 Å². The fraction of sp³-hybridized carbons (Fsp3) is 1.00. The van der Waals surface area contributed by atoms with Gasteiger partial charge in [0.2, 0.25) is 0 Å². The minimum atomic E-state index is -4.02. The lowest BCUT2D eigenvalue weighted by Crippen LogP contribution is -2.55. The minimum Gasteiger partial charge on any atom is -0.390 e. The summed E-state index contributed by atoms with van der Waals surface area (Å²) in [6, 6.07) is 0. The molecule has 27 heavy (non-hydrogen) atoms. The number of fused-ring (bicyclic) bond motifs is 5. The highest BCUT2D eigenvalue weighted by Gasteiger charge is 2.60. The molecule has 0 saturated heterocycles. The van der Waals surface area contributed by atoms with Gasteiger partial charge in [-0.1, -0.05) is 13.8 Å². The maximum absolute atomic E-state index is 12.8. The van der Waals surface area contributed by atoms with Gasteiger partial charge >= 0.3 is 6.18 Å². The summed E-state index contributed by atoms with van der Waals surface area (Å²) in [6.07, 6.45) is 5.52. The van der Waals surface area contributed by atoms with Gasteiger partial charge in [0, 0.05) is 6.42 Å². The van der Waals surface area contributed by atoms with E-state index in [0.717, 1.165) is 38.5 Å². The van der Waals surface area contributed by atoms with Crippen LogP contribution in [0.4, 0.5) is 13.2 Å². The molecule has 0 amide bonds. The smallest absolute Gasteiger partial charge is 0.389 e.